The standard InChI is InChI=1S/C13H15F/c1-10(2)5-4-6-12-7-8-13(14)9-11(12)3/h7-10H,5H2,1-3H3. The van der Waals surface area contributed by atoms with Crippen molar-refractivity contribution in [2.24, 2.45) is 5.92 Å². The van der Waals surface area contributed by atoms with Crippen LogP contribution in [-0.2, 0) is 0 Å². The molecule has 1 aromatic carbocycles. The van der Waals surface area contributed by atoms with E-state index >= 15 is 0 Å². The predicted octanol–water partition coefficient (Wildman–Crippen LogP) is 3.53. The summed E-state index contributed by atoms with van der Waals surface area (Å²) in [5.74, 6) is 6.53. The molecule has 0 radical (unpaired) electrons. The highest BCUT2D eigenvalue weighted by atomic mass is 19.1. The molecule has 0 atom stereocenters. The summed E-state index contributed by atoms with van der Waals surface area (Å²) < 4.78 is 12.7. The monoisotopic (exact) mass is 190 g/mol. The van der Waals surface area contributed by atoms with E-state index in [1.807, 2.05) is 6.92 Å². The number of halogens is 1. The molecule has 0 saturated carbocycles. The van der Waals surface area contributed by atoms with E-state index in [1.165, 1.54) is 12.1 Å². The van der Waals surface area contributed by atoms with Crippen molar-refractivity contribution in [1.82, 2.24) is 0 Å². The Labute approximate surface area is 85.2 Å². The molecular formula is C13H15F. The topological polar surface area (TPSA) is 0 Å². The molecule has 0 N–H and O–H groups in total. The molecule has 0 amide bonds. The number of rotatable bonds is 1. The fraction of sp³-hybridized carbons (Fsp3) is 0.385. The van der Waals surface area contributed by atoms with Crippen LogP contribution in [0.2, 0.25) is 0 Å². The van der Waals surface area contributed by atoms with Gasteiger partial charge >= 0.3 is 0 Å². The molecule has 0 aromatic heterocycles. The number of hydrogen-bond donors (Lipinski definition) is 0. The third-order valence-electron chi connectivity index (χ3n) is 1.92. The third kappa shape index (κ3) is 3.22. The molecule has 14 heavy (non-hydrogen) atoms. The Hall–Kier alpha value is -1.29. The fourth-order valence-electron chi connectivity index (χ4n) is 1.12. The van der Waals surface area contributed by atoms with Gasteiger partial charge in [-0.3, -0.25) is 0 Å². The van der Waals surface area contributed by atoms with Crippen molar-refractivity contribution >= 4 is 0 Å². The molecule has 0 nitrogen and oxygen atoms in total. The van der Waals surface area contributed by atoms with Crippen molar-refractivity contribution in [2.75, 3.05) is 0 Å². The predicted molar refractivity (Wildman–Crippen MR) is 57.5 cm³/mol. The van der Waals surface area contributed by atoms with Gasteiger partial charge in [-0.25, -0.2) is 4.39 Å². The summed E-state index contributed by atoms with van der Waals surface area (Å²) in [6.07, 6.45) is 0.886. The Balaban J connectivity index is 2.80. The maximum absolute atomic E-state index is 12.7. The summed E-state index contributed by atoms with van der Waals surface area (Å²) in [7, 11) is 0. The molecule has 0 aliphatic carbocycles. The van der Waals surface area contributed by atoms with Gasteiger partial charge in [0.1, 0.15) is 5.82 Å². The molecule has 0 heterocycles. The molecule has 0 saturated heterocycles. The minimum atomic E-state index is -0.197. The fourth-order valence-corrected chi connectivity index (χ4v) is 1.12. The molecule has 1 aromatic rings. The Morgan fingerprint density at radius 2 is 2.07 bits per heavy atom. The van der Waals surface area contributed by atoms with Gasteiger partial charge in [0.2, 0.25) is 0 Å². The van der Waals surface area contributed by atoms with Gasteiger partial charge < -0.3 is 0 Å². The van der Waals surface area contributed by atoms with E-state index in [-0.39, 0.29) is 5.82 Å². The zero-order chi connectivity index (χ0) is 10.6. The van der Waals surface area contributed by atoms with Gasteiger partial charge in [0.15, 0.2) is 0 Å². The van der Waals surface area contributed by atoms with Crippen molar-refractivity contribution in [3.8, 4) is 11.8 Å². The highest BCUT2D eigenvalue weighted by Crippen LogP contribution is 2.08. The Bertz CT molecular complexity index is 367. The van der Waals surface area contributed by atoms with Gasteiger partial charge in [0.25, 0.3) is 0 Å². The van der Waals surface area contributed by atoms with Crippen LogP contribution in [0.15, 0.2) is 18.2 Å². The first kappa shape index (κ1) is 10.8. The lowest BCUT2D eigenvalue weighted by molar-refractivity contribution is 0.626. The maximum atomic E-state index is 12.7. The van der Waals surface area contributed by atoms with E-state index in [4.69, 9.17) is 0 Å². The van der Waals surface area contributed by atoms with Crippen LogP contribution in [0.5, 0.6) is 0 Å². The van der Waals surface area contributed by atoms with Crippen LogP contribution >= 0.6 is 0 Å². The third-order valence-corrected chi connectivity index (χ3v) is 1.92. The van der Waals surface area contributed by atoms with Gasteiger partial charge in [-0.2, -0.15) is 0 Å². The lowest BCUT2D eigenvalue weighted by Crippen LogP contribution is -1.85. The summed E-state index contributed by atoms with van der Waals surface area (Å²) >= 11 is 0. The van der Waals surface area contributed by atoms with Crippen molar-refractivity contribution in [3.63, 3.8) is 0 Å². The number of benzene rings is 1. The van der Waals surface area contributed by atoms with Crippen LogP contribution in [0.3, 0.4) is 0 Å². The molecule has 0 fully saturated rings. The molecule has 0 aliphatic rings. The van der Waals surface area contributed by atoms with E-state index < -0.39 is 0 Å². The Morgan fingerprint density at radius 1 is 1.36 bits per heavy atom. The summed E-state index contributed by atoms with van der Waals surface area (Å²) in [5.41, 5.74) is 1.83. The van der Waals surface area contributed by atoms with Gasteiger partial charge in [0.05, 0.1) is 0 Å². The van der Waals surface area contributed by atoms with Crippen LogP contribution < -0.4 is 0 Å². The second-order valence-corrected chi connectivity index (χ2v) is 3.86. The van der Waals surface area contributed by atoms with E-state index in [0.717, 1.165) is 17.5 Å². The summed E-state index contributed by atoms with van der Waals surface area (Å²) in [4.78, 5) is 0. The molecule has 1 rings (SSSR count). The van der Waals surface area contributed by atoms with E-state index in [9.17, 15) is 4.39 Å². The zero-order valence-corrected chi connectivity index (χ0v) is 8.89. The lowest BCUT2D eigenvalue weighted by atomic mass is 10.1. The first-order valence-electron chi connectivity index (χ1n) is 4.84. The average molecular weight is 190 g/mol. The second kappa shape index (κ2) is 4.81. The van der Waals surface area contributed by atoms with Crippen molar-refractivity contribution in [3.05, 3.63) is 35.1 Å². The minimum Gasteiger partial charge on any atom is -0.207 e. The molecule has 0 unspecified atom stereocenters. The Kier molecular flexibility index (Phi) is 3.71. The largest absolute Gasteiger partial charge is 0.207 e. The SMILES string of the molecule is Cc1cc(F)ccc1C#CCC(C)C. The minimum absolute atomic E-state index is 0.197. The van der Waals surface area contributed by atoms with Gasteiger partial charge in [0, 0.05) is 12.0 Å². The quantitative estimate of drug-likeness (QED) is 0.594. The first-order valence-corrected chi connectivity index (χ1v) is 4.84. The van der Waals surface area contributed by atoms with Gasteiger partial charge in [-0.05, 0) is 36.6 Å². The zero-order valence-electron chi connectivity index (χ0n) is 8.89. The van der Waals surface area contributed by atoms with Crippen molar-refractivity contribution in [2.45, 2.75) is 27.2 Å². The lowest BCUT2D eigenvalue weighted by Gasteiger charge is -1.97. The van der Waals surface area contributed by atoms with Crippen LogP contribution in [0, 0.1) is 30.5 Å². The first-order chi connectivity index (χ1) is 6.59. The van der Waals surface area contributed by atoms with Crippen molar-refractivity contribution < 1.29 is 4.39 Å². The molecule has 74 valence electrons. The van der Waals surface area contributed by atoms with Crippen LogP contribution in [0.4, 0.5) is 4.39 Å². The van der Waals surface area contributed by atoms with Gasteiger partial charge in [-0.1, -0.05) is 25.7 Å². The van der Waals surface area contributed by atoms with Crippen LogP contribution in [0.25, 0.3) is 0 Å². The summed E-state index contributed by atoms with van der Waals surface area (Å²) in [5, 5.41) is 0. The van der Waals surface area contributed by atoms with Crippen LogP contribution in [-0.4, -0.2) is 0 Å². The normalized spacial score (nSPS) is 9.79. The van der Waals surface area contributed by atoms with Gasteiger partial charge in [-0.15, -0.1) is 0 Å². The van der Waals surface area contributed by atoms with Crippen LogP contribution in [0.1, 0.15) is 31.4 Å². The van der Waals surface area contributed by atoms with Crippen molar-refractivity contribution in [1.29, 1.82) is 0 Å². The van der Waals surface area contributed by atoms with E-state index in [2.05, 4.69) is 25.7 Å². The average Bonchev–Trinajstić information content (AvgIpc) is 2.08. The molecule has 1 heteroatoms. The summed E-state index contributed by atoms with van der Waals surface area (Å²) in [6, 6.07) is 4.70. The molecule has 0 spiro atoms. The molecule has 0 bridgehead atoms. The number of aryl methyl sites for hydroxylation is 1. The highest BCUT2D eigenvalue weighted by molar-refractivity contribution is 5.40. The maximum Gasteiger partial charge on any atom is 0.123 e. The Morgan fingerprint density at radius 3 is 2.64 bits per heavy atom. The van der Waals surface area contributed by atoms with E-state index in [0.29, 0.717) is 5.92 Å². The molecule has 0 aliphatic heterocycles. The van der Waals surface area contributed by atoms with E-state index in [1.54, 1.807) is 6.07 Å². The summed E-state index contributed by atoms with van der Waals surface area (Å²) in [6.45, 7) is 6.14. The highest BCUT2D eigenvalue weighted by Gasteiger charge is 1.96. The molecular weight excluding hydrogens is 175 g/mol. The second-order valence-electron chi connectivity index (χ2n) is 3.86. The smallest absolute Gasteiger partial charge is 0.123 e. The number of hydrogen-bond acceptors (Lipinski definition) is 0.